The van der Waals surface area contributed by atoms with Gasteiger partial charge in [0.25, 0.3) is 0 Å². The molecule has 1 aromatic rings. The van der Waals surface area contributed by atoms with Crippen LogP contribution in [0.25, 0.3) is 0 Å². The fraction of sp³-hybridized carbons (Fsp3) is 0.333. The molecular formula is C12H13NOS. The number of benzene rings is 1. The molecule has 0 fully saturated rings. The lowest BCUT2D eigenvalue weighted by molar-refractivity contribution is -0.114. The van der Waals surface area contributed by atoms with Gasteiger partial charge in [-0.25, -0.2) is 0 Å². The van der Waals surface area contributed by atoms with Gasteiger partial charge in [0.1, 0.15) is 5.54 Å². The molecule has 0 spiro atoms. The van der Waals surface area contributed by atoms with E-state index in [0.29, 0.717) is 0 Å². The van der Waals surface area contributed by atoms with Crippen molar-refractivity contribution in [3.8, 4) is 0 Å². The Morgan fingerprint density at radius 3 is 2.47 bits per heavy atom. The average Bonchev–Trinajstić information content (AvgIpc) is 2.42. The van der Waals surface area contributed by atoms with Crippen molar-refractivity contribution in [3.63, 3.8) is 0 Å². The molecule has 2 rings (SSSR count). The highest BCUT2D eigenvalue weighted by atomic mass is 32.2. The van der Waals surface area contributed by atoms with E-state index in [9.17, 15) is 4.79 Å². The van der Waals surface area contributed by atoms with Crippen LogP contribution in [-0.2, 0) is 11.2 Å². The predicted molar refractivity (Wildman–Crippen MR) is 64.3 cm³/mol. The minimum absolute atomic E-state index is 0.147. The third kappa shape index (κ3) is 2.29. The molecule has 1 aromatic carbocycles. The van der Waals surface area contributed by atoms with Gasteiger partial charge in [0, 0.05) is 6.42 Å². The van der Waals surface area contributed by atoms with E-state index in [2.05, 4.69) is 17.1 Å². The third-order valence-corrected chi connectivity index (χ3v) is 3.47. The van der Waals surface area contributed by atoms with Crippen LogP contribution in [0.15, 0.2) is 35.3 Å². The van der Waals surface area contributed by atoms with Gasteiger partial charge in [-0.05, 0) is 31.2 Å². The molecule has 0 amide bonds. The van der Waals surface area contributed by atoms with E-state index in [4.69, 9.17) is 0 Å². The molecule has 0 N–H and O–H groups in total. The first-order chi connectivity index (χ1) is 7.08. The molecule has 0 aromatic heterocycles. The molecular weight excluding hydrogens is 206 g/mol. The van der Waals surface area contributed by atoms with E-state index in [1.165, 1.54) is 17.3 Å². The molecule has 0 atom stereocenters. The number of thioether (sulfide) groups is 1. The van der Waals surface area contributed by atoms with Crippen molar-refractivity contribution in [2.24, 2.45) is 4.99 Å². The van der Waals surface area contributed by atoms with Gasteiger partial charge in [-0.2, -0.15) is 0 Å². The second kappa shape index (κ2) is 3.81. The highest BCUT2D eigenvalue weighted by Gasteiger charge is 2.34. The summed E-state index contributed by atoms with van der Waals surface area (Å²) < 4.78 is 0. The maximum atomic E-state index is 11.5. The molecule has 3 heteroatoms. The number of hydrogen-bond donors (Lipinski definition) is 0. The van der Waals surface area contributed by atoms with Gasteiger partial charge in [-0.1, -0.05) is 30.3 Å². The number of nitrogens with zero attached hydrogens (tertiary/aromatic N) is 1. The Labute approximate surface area is 93.8 Å². The second-order valence-electron chi connectivity index (χ2n) is 4.12. The maximum Gasteiger partial charge on any atom is 0.221 e. The zero-order valence-electron chi connectivity index (χ0n) is 8.86. The van der Waals surface area contributed by atoms with Crippen molar-refractivity contribution in [3.05, 3.63) is 35.9 Å². The highest BCUT2D eigenvalue weighted by molar-refractivity contribution is 8.27. The van der Waals surface area contributed by atoms with Crippen LogP contribution in [0.5, 0.6) is 0 Å². The molecule has 0 saturated carbocycles. The van der Waals surface area contributed by atoms with Crippen molar-refractivity contribution < 1.29 is 4.79 Å². The summed E-state index contributed by atoms with van der Waals surface area (Å²) in [4.78, 5) is 16.0. The monoisotopic (exact) mass is 219 g/mol. The minimum Gasteiger partial charge on any atom is -0.284 e. The Balaban J connectivity index is 2.13. The lowest BCUT2D eigenvalue weighted by Gasteiger charge is -2.07. The molecule has 0 radical (unpaired) electrons. The normalized spacial score (nSPS) is 19.1. The predicted octanol–water partition coefficient (Wildman–Crippen LogP) is 2.68. The van der Waals surface area contributed by atoms with Crippen molar-refractivity contribution in [2.45, 2.75) is 25.8 Å². The van der Waals surface area contributed by atoms with Crippen LogP contribution in [0, 0.1) is 0 Å². The summed E-state index contributed by atoms with van der Waals surface area (Å²) in [5, 5.41) is 1.07. The Hall–Kier alpha value is -1.09. The van der Waals surface area contributed by atoms with E-state index in [0.717, 1.165) is 11.5 Å². The van der Waals surface area contributed by atoms with E-state index in [-0.39, 0.29) is 5.12 Å². The van der Waals surface area contributed by atoms with Crippen molar-refractivity contribution in [1.82, 2.24) is 0 Å². The first-order valence-corrected chi connectivity index (χ1v) is 5.74. The van der Waals surface area contributed by atoms with Crippen molar-refractivity contribution in [2.75, 3.05) is 0 Å². The Morgan fingerprint density at radius 2 is 1.93 bits per heavy atom. The highest BCUT2D eigenvalue weighted by Crippen LogP contribution is 2.30. The van der Waals surface area contributed by atoms with Gasteiger partial charge in [0.05, 0.1) is 5.04 Å². The largest absolute Gasteiger partial charge is 0.284 e. The molecule has 78 valence electrons. The fourth-order valence-corrected chi connectivity index (χ4v) is 2.48. The standard InChI is InChI=1S/C12H13NOS/c1-12(2)11(14)15-10(13-12)8-9-6-4-3-5-7-9/h3-7H,8H2,1-2H3. The summed E-state index contributed by atoms with van der Waals surface area (Å²) in [6.45, 7) is 3.72. The molecule has 2 nitrogen and oxygen atoms in total. The number of carbonyl (C=O) groups is 1. The molecule has 0 saturated heterocycles. The van der Waals surface area contributed by atoms with Gasteiger partial charge in [0.2, 0.25) is 5.12 Å². The quantitative estimate of drug-likeness (QED) is 0.765. The molecule has 0 unspecified atom stereocenters. The molecule has 1 aliphatic heterocycles. The summed E-state index contributed by atoms with van der Waals surface area (Å²) >= 11 is 1.28. The fourth-order valence-electron chi connectivity index (χ4n) is 1.46. The first-order valence-electron chi connectivity index (χ1n) is 4.93. The van der Waals surface area contributed by atoms with E-state index >= 15 is 0 Å². The number of aliphatic imine (C=N–C) groups is 1. The van der Waals surface area contributed by atoms with Crippen LogP contribution in [0.1, 0.15) is 19.4 Å². The summed E-state index contributed by atoms with van der Waals surface area (Å²) in [5.74, 6) is 0. The maximum absolute atomic E-state index is 11.5. The van der Waals surface area contributed by atoms with Crippen LogP contribution in [0.3, 0.4) is 0 Å². The van der Waals surface area contributed by atoms with Crippen LogP contribution in [-0.4, -0.2) is 15.7 Å². The lowest BCUT2D eigenvalue weighted by atomic mass is 10.1. The Kier molecular flexibility index (Phi) is 2.65. The molecule has 0 aliphatic carbocycles. The number of hydrogen-bond acceptors (Lipinski definition) is 3. The average molecular weight is 219 g/mol. The van der Waals surface area contributed by atoms with Crippen LogP contribution in [0.4, 0.5) is 0 Å². The molecule has 1 heterocycles. The Bertz CT molecular complexity index is 409. The van der Waals surface area contributed by atoms with Crippen LogP contribution >= 0.6 is 11.8 Å². The van der Waals surface area contributed by atoms with Gasteiger partial charge >= 0.3 is 0 Å². The van der Waals surface area contributed by atoms with Gasteiger partial charge in [0.15, 0.2) is 0 Å². The Morgan fingerprint density at radius 1 is 1.27 bits per heavy atom. The van der Waals surface area contributed by atoms with E-state index in [1.807, 2.05) is 32.0 Å². The van der Waals surface area contributed by atoms with Gasteiger partial charge < -0.3 is 0 Å². The SMILES string of the molecule is CC1(C)N=C(Cc2ccccc2)SC1=O. The lowest BCUT2D eigenvalue weighted by Crippen LogP contribution is -2.21. The minimum atomic E-state index is -0.533. The zero-order chi connectivity index (χ0) is 10.9. The van der Waals surface area contributed by atoms with Crippen LogP contribution in [0.2, 0.25) is 0 Å². The number of carbonyl (C=O) groups excluding carboxylic acids is 1. The van der Waals surface area contributed by atoms with Gasteiger partial charge in [-0.3, -0.25) is 9.79 Å². The van der Waals surface area contributed by atoms with Crippen molar-refractivity contribution in [1.29, 1.82) is 0 Å². The van der Waals surface area contributed by atoms with Crippen LogP contribution < -0.4 is 0 Å². The zero-order valence-corrected chi connectivity index (χ0v) is 9.67. The van der Waals surface area contributed by atoms with Crippen molar-refractivity contribution >= 4 is 21.9 Å². The van der Waals surface area contributed by atoms with E-state index < -0.39 is 5.54 Å². The topological polar surface area (TPSA) is 29.4 Å². The molecule has 15 heavy (non-hydrogen) atoms. The summed E-state index contributed by atoms with van der Waals surface area (Å²) in [7, 11) is 0. The smallest absolute Gasteiger partial charge is 0.221 e. The summed E-state index contributed by atoms with van der Waals surface area (Å²) in [6, 6.07) is 10.1. The molecule has 1 aliphatic rings. The first kappa shape index (κ1) is 10.4. The number of rotatable bonds is 2. The van der Waals surface area contributed by atoms with E-state index in [1.54, 1.807) is 0 Å². The molecule has 0 bridgehead atoms. The third-order valence-electron chi connectivity index (χ3n) is 2.31. The summed E-state index contributed by atoms with van der Waals surface area (Å²) in [6.07, 6.45) is 0.765. The second-order valence-corrected chi connectivity index (χ2v) is 5.16. The van der Waals surface area contributed by atoms with Gasteiger partial charge in [-0.15, -0.1) is 0 Å². The summed E-state index contributed by atoms with van der Waals surface area (Å²) in [5.41, 5.74) is 0.670.